The van der Waals surface area contributed by atoms with Gasteiger partial charge >= 0.3 is 0 Å². The van der Waals surface area contributed by atoms with E-state index in [1.165, 1.54) is 17.0 Å². The number of aliphatic hydroxyl groups is 3. The molecule has 11 nitrogen and oxygen atoms in total. The highest BCUT2D eigenvalue weighted by molar-refractivity contribution is 6.25. The van der Waals surface area contributed by atoms with E-state index in [4.69, 9.17) is 0 Å². The number of hydrogen-bond donors (Lipinski definition) is 4. The van der Waals surface area contributed by atoms with Gasteiger partial charge in [-0.1, -0.05) is 53.7 Å². The SMILES string of the molecule is CN(C)[C@@H]1C(=O)C(C(=O)CC(C)(C)C)=C(O)[C@@]2(O)C(=O)C3=C(O)c4c(O)c(C(C)(C)C)cc(-c5cccc([N+](=O)[O-])c5)c4C[C@H]3C[C@@H]12. The van der Waals surface area contributed by atoms with Crippen LogP contribution in [0.3, 0.4) is 0 Å². The summed E-state index contributed by atoms with van der Waals surface area (Å²) < 4.78 is 0. The minimum absolute atomic E-state index is 0.0311. The molecule has 4 atom stereocenters. The molecule has 2 aromatic rings. The quantitative estimate of drug-likeness (QED) is 0.188. The Balaban J connectivity index is 1.79. The number of nitrogens with zero attached hydrogens (tertiary/aromatic N) is 2. The molecule has 0 saturated heterocycles. The molecule has 47 heavy (non-hydrogen) atoms. The molecule has 0 heterocycles. The molecule has 0 aromatic heterocycles. The number of fused-ring (bicyclic) bond motifs is 3. The molecule has 1 saturated carbocycles. The van der Waals surface area contributed by atoms with Gasteiger partial charge in [-0.3, -0.25) is 29.4 Å². The van der Waals surface area contributed by atoms with E-state index in [-0.39, 0.29) is 41.8 Å². The lowest BCUT2D eigenvalue weighted by Crippen LogP contribution is -2.65. The predicted octanol–water partition coefficient (Wildman–Crippen LogP) is 5.36. The Kier molecular flexibility index (Phi) is 8.05. The van der Waals surface area contributed by atoms with E-state index in [0.717, 1.165) is 0 Å². The fourth-order valence-corrected chi connectivity index (χ4v) is 7.53. The van der Waals surface area contributed by atoms with Gasteiger partial charge in [-0.2, -0.15) is 0 Å². The van der Waals surface area contributed by atoms with E-state index < -0.39 is 73.7 Å². The molecule has 0 radical (unpaired) electrons. The zero-order valence-electron chi connectivity index (χ0n) is 28.0. The van der Waals surface area contributed by atoms with Crippen LogP contribution in [0.5, 0.6) is 5.75 Å². The Hall–Kier alpha value is -4.35. The third-order valence-corrected chi connectivity index (χ3v) is 9.62. The maximum absolute atomic E-state index is 14.5. The van der Waals surface area contributed by atoms with Crippen molar-refractivity contribution >= 4 is 28.8 Å². The van der Waals surface area contributed by atoms with Crippen molar-refractivity contribution < 1.29 is 39.7 Å². The van der Waals surface area contributed by atoms with Crippen LogP contribution in [0.25, 0.3) is 16.9 Å². The Labute approximate surface area is 273 Å². The van der Waals surface area contributed by atoms with Gasteiger partial charge < -0.3 is 20.4 Å². The number of phenols is 1. The lowest BCUT2D eigenvalue weighted by molar-refractivity contribution is -0.384. The van der Waals surface area contributed by atoms with Crippen LogP contribution in [0, 0.1) is 27.4 Å². The standard InChI is InChI=1S/C36H42N2O9/c1-34(2,3)16-24(39)27-31(42)28(37(7)8)22-14-18-13-21-20(17-10-9-11-19(12-17)38(46)47)15-23(35(4,5)6)29(40)26(21)30(41)25(18)32(43)36(22,45)33(27)44/h9-12,15,18,22,28,40-41,44-45H,13-14,16H2,1-8H3/t18-,22-,28-,36-/m0/s1. The summed E-state index contributed by atoms with van der Waals surface area (Å²) in [7, 11) is 3.18. The summed E-state index contributed by atoms with van der Waals surface area (Å²) in [5.41, 5.74) is -3.09. The zero-order valence-corrected chi connectivity index (χ0v) is 28.0. The molecular weight excluding hydrogens is 604 g/mol. The van der Waals surface area contributed by atoms with Gasteiger partial charge in [-0.05, 0) is 66.4 Å². The van der Waals surface area contributed by atoms with Gasteiger partial charge in [0.2, 0.25) is 5.78 Å². The van der Waals surface area contributed by atoms with Crippen LogP contribution in [0.15, 0.2) is 47.2 Å². The van der Waals surface area contributed by atoms with Gasteiger partial charge in [0.1, 0.15) is 22.8 Å². The average Bonchev–Trinajstić information content (AvgIpc) is 2.93. The number of aliphatic hydroxyl groups excluding tert-OH is 2. The predicted molar refractivity (Wildman–Crippen MR) is 175 cm³/mol. The molecule has 0 amide bonds. The Morgan fingerprint density at radius 2 is 1.70 bits per heavy atom. The number of nitro groups is 1. The number of ketones is 3. The molecule has 1 fully saturated rings. The van der Waals surface area contributed by atoms with Gasteiger partial charge in [-0.25, -0.2) is 0 Å². The number of likely N-dealkylation sites (N-methyl/N-ethyl adjacent to an activating group) is 1. The number of Topliss-reactive ketones (excluding diaryl/α,β-unsaturated/α-hetero) is 3. The van der Waals surface area contributed by atoms with Crippen molar-refractivity contribution in [2.45, 2.75) is 77.9 Å². The number of aromatic hydroxyl groups is 1. The minimum Gasteiger partial charge on any atom is -0.508 e. The molecule has 2 aromatic carbocycles. The number of nitro benzene ring substituents is 1. The van der Waals surface area contributed by atoms with Gasteiger partial charge in [0.05, 0.1) is 16.5 Å². The van der Waals surface area contributed by atoms with E-state index in [2.05, 4.69) is 0 Å². The third kappa shape index (κ3) is 5.35. The number of phenolic OH excluding ortho intramolecular Hbond substituents is 1. The fraction of sp³-hybridized carbons (Fsp3) is 0.472. The van der Waals surface area contributed by atoms with Gasteiger partial charge in [0.25, 0.3) is 5.69 Å². The van der Waals surface area contributed by atoms with Crippen molar-refractivity contribution in [3.63, 3.8) is 0 Å². The molecule has 250 valence electrons. The van der Waals surface area contributed by atoms with Crippen molar-refractivity contribution in [2.75, 3.05) is 14.1 Å². The van der Waals surface area contributed by atoms with Crippen LogP contribution < -0.4 is 0 Å². The first-order valence-corrected chi connectivity index (χ1v) is 15.6. The topological polar surface area (TPSA) is 179 Å². The Morgan fingerprint density at radius 1 is 1.06 bits per heavy atom. The zero-order chi connectivity index (χ0) is 35.1. The molecule has 3 aliphatic rings. The number of carbonyl (C=O) groups excluding carboxylic acids is 3. The number of non-ortho nitro benzene ring substituents is 1. The lowest BCUT2D eigenvalue weighted by atomic mass is 9.57. The van der Waals surface area contributed by atoms with E-state index in [0.29, 0.717) is 22.3 Å². The summed E-state index contributed by atoms with van der Waals surface area (Å²) in [6, 6.07) is 6.59. The largest absolute Gasteiger partial charge is 0.508 e. The smallest absolute Gasteiger partial charge is 0.270 e. The van der Waals surface area contributed by atoms with Gasteiger partial charge in [0, 0.05) is 35.6 Å². The highest BCUT2D eigenvalue weighted by Gasteiger charge is 2.64. The van der Waals surface area contributed by atoms with Crippen molar-refractivity contribution in [2.24, 2.45) is 17.3 Å². The maximum Gasteiger partial charge on any atom is 0.270 e. The van der Waals surface area contributed by atoms with E-state index in [9.17, 15) is 44.9 Å². The molecule has 4 N–H and O–H groups in total. The normalized spacial score (nSPS) is 24.7. The maximum atomic E-state index is 14.5. The van der Waals surface area contributed by atoms with Crippen molar-refractivity contribution in [3.05, 3.63) is 74.0 Å². The molecule has 0 aliphatic heterocycles. The first-order valence-electron chi connectivity index (χ1n) is 15.6. The second kappa shape index (κ2) is 11.1. The summed E-state index contributed by atoms with van der Waals surface area (Å²) in [6.07, 6.45) is -0.0741. The number of rotatable bonds is 5. The second-order valence-electron chi connectivity index (χ2n) is 15.5. The number of carbonyl (C=O) groups is 3. The second-order valence-corrected chi connectivity index (χ2v) is 15.5. The number of benzene rings is 2. The van der Waals surface area contributed by atoms with Crippen LogP contribution in [0.4, 0.5) is 5.69 Å². The van der Waals surface area contributed by atoms with Crippen LogP contribution in [-0.2, 0) is 26.2 Å². The first-order chi connectivity index (χ1) is 21.6. The van der Waals surface area contributed by atoms with E-state index >= 15 is 0 Å². The molecule has 5 rings (SSSR count). The van der Waals surface area contributed by atoms with E-state index in [1.54, 1.807) is 53.1 Å². The van der Waals surface area contributed by atoms with Gasteiger partial charge in [-0.15, -0.1) is 0 Å². The summed E-state index contributed by atoms with van der Waals surface area (Å²) in [5, 5.41) is 58.9. The summed E-state index contributed by atoms with van der Waals surface area (Å²) in [4.78, 5) is 54.4. The first kappa shape index (κ1) is 34.0. The van der Waals surface area contributed by atoms with Gasteiger partial charge in [0.15, 0.2) is 17.2 Å². The van der Waals surface area contributed by atoms with E-state index in [1.807, 2.05) is 20.8 Å². The third-order valence-electron chi connectivity index (χ3n) is 9.62. The molecule has 0 bridgehead atoms. The van der Waals surface area contributed by atoms with Crippen LogP contribution in [-0.4, -0.2) is 73.3 Å². The molecule has 11 heteroatoms. The molecule has 3 aliphatic carbocycles. The summed E-state index contributed by atoms with van der Waals surface area (Å²) >= 11 is 0. The van der Waals surface area contributed by atoms with Crippen LogP contribution >= 0.6 is 0 Å². The number of hydrogen-bond acceptors (Lipinski definition) is 10. The summed E-state index contributed by atoms with van der Waals surface area (Å²) in [6.45, 7) is 10.9. The fourth-order valence-electron chi connectivity index (χ4n) is 7.53. The van der Waals surface area contributed by atoms with Crippen molar-refractivity contribution in [1.29, 1.82) is 0 Å². The Bertz CT molecular complexity index is 1810. The molecular formula is C36H42N2O9. The average molecular weight is 647 g/mol. The monoisotopic (exact) mass is 646 g/mol. The van der Waals surface area contributed by atoms with Crippen molar-refractivity contribution in [3.8, 4) is 16.9 Å². The van der Waals surface area contributed by atoms with Crippen molar-refractivity contribution in [1.82, 2.24) is 4.90 Å². The Morgan fingerprint density at radius 3 is 2.26 bits per heavy atom. The highest BCUT2D eigenvalue weighted by Crippen LogP contribution is 2.55. The molecule has 0 unspecified atom stereocenters. The molecule has 0 spiro atoms. The highest BCUT2D eigenvalue weighted by atomic mass is 16.6. The lowest BCUT2D eigenvalue weighted by Gasteiger charge is -2.50. The van der Waals surface area contributed by atoms with Crippen LogP contribution in [0.1, 0.15) is 71.1 Å². The summed E-state index contributed by atoms with van der Waals surface area (Å²) in [5.74, 6) is -6.24. The van der Waals surface area contributed by atoms with Crippen LogP contribution in [0.2, 0.25) is 0 Å². The minimum atomic E-state index is -2.69.